The van der Waals surface area contributed by atoms with Crippen LogP contribution in [0.2, 0.25) is 0 Å². The Kier molecular flexibility index (Phi) is 5.29. The Morgan fingerprint density at radius 2 is 2.19 bits per heavy atom. The highest BCUT2D eigenvalue weighted by Gasteiger charge is 2.17. The smallest absolute Gasteiger partial charge is 0.273 e. The van der Waals surface area contributed by atoms with E-state index in [1.54, 1.807) is 6.20 Å². The second kappa shape index (κ2) is 8.18. The number of nitrogens with one attached hydrogen (secondary N) is 1. The van der Waals surface area contributed by atoms with Crippen LogP contribution in [-0.2, 0) is 11.3 Å². The van der Waals surface area contributed by atoms with Crippen LogP contribution in [0, 0.1) is 0 Å². The summed E-state index contributed by atoms with van der Waals surface area (Å²) in [5.41, 5.74) is 1.01. The monoisotopic (exact) mass is 367 g/mol. The first-order chi connectivity index (χ1) is 13.3. The topological polar surface area (TPSA) is 86.5 Å². The molecular weight excluding hydrogens is 346 g/mol. The van der Waals surface area contributed by atoms with Crippen LogP contribution in [0.1, 0.15) is 35.6 Å². The normalized spacial score (nSPS) is 17.0. The average Bonchev–Trinajstić information content (AvgIpc) is 3.20. The number of pyridine rings is 1. The van der Waals surface area contributed by atoms with Gasteiger partial charge < -0.3 is 19.2 Å². The van der Waals surface area contributed by atoms with Crippen LogP contribution in [-0.4, -0.2) is 35.1 Å². The van der Waals surface area contributed by atoms with E-state index in [1.165, 1.54) is 6.26 Å². The third-order valence-electron chi connectivity index (χ3n) is 4.50. The first-order valence-electron chi connectivity index (χ1n) is 9.10. The zero-order chi connectivity index (χ0) is 18.5. The standard InChI is InChI=1S/C20H21N3O4/c24-20(22-11-15-7-1-2-10-25-15)16-12-27-18(23-16)13-26-17-8-3-5-14-6-4-9-21-19(14)17/h3-6,8-9,12,15H,1-2,7,10-11,13H2,(H,22,24)/t15-/m0/s1. The molecule has 3 aromatic rings. The number of para-hydroxylation sites is 1. The first-order valence-corrected chi connectivity index (χ1v) is 9.10. The molecule has 0 bridgehead atoms. The molecule has 27 heavy (non-hydrogen) atoms. The SMILES string of the molecule is O=C(NC[C@@H]1CCCCO1)c1coc(COc2cccc3cccnc23)n1. The van der Waals surface area contributed by atoms with Crippen molar-refractivity contribution in [3.8, 4) is 5.75 Å². The molecule has 1 atom stereocenters. The molecule has 0 aliphatic carbocycles. The van der Waals surface area contributed by atoms with Crippen molar-refractivity contribution in [3.63, 3.8) is 0 Å². The van der Waals surface area contributed by atoms with Crippen molar-refractivity contribution >= 4 is 16.8 Å². The highest BCUT2D eigenvalue weighted by atomic mass is 16.5. The molecule has 1 saturated heterocycles. The number of carbonyl (C=O) groups is 1. The van der Waals surface area contributed by atoms with Crippen molar-refractivity contribution in [1.29, 1.82) is 0 Å². The lowest BCUT2D eigenvalue weighted by atomic mass is 10.1. The van der Waals surface area contributed by atoms with Crippen LogP contribution in [0.15, 0.2) is 47.2 Å². The number of benzene rings is 1. The summed E-state index contributed by atoms with van der Waals surface area (Å²) in [4.78, 5) is 20.8. The van der Waals surface area contributed by atoms with E-state index in [9.17, 15) is 4.79 Å². The summed E-state index contributed by atoms with van der Waals surface area (Å²) in [5, 5.41) is 3.84. The third kappa shape index (κ3) is 4.25. The van der Waals surface area contributed by atoms with E-state index >= 15 is 0 Å². The number of hydrogen-bond donors (Lipinski definition) is 1. The maximum Gasteiger partial charge on any atom is 0.273 e. The molecule has 1 aromatic carbocycles. The van der Waals surface area contributed by atoms with Crippen LogP contribution in [0.3, 0.4) is 0 Å². The van der Waals surface area contributed by atoms with E-state index in [-0.39, 0.29) is 24.3 Å². The second-order valence-corrected chi connectivity index (χ2v) is 6.45. The van der Waals surface area contributed by atoms with Gasteiger partial charge in [-0.3, -0.25) is 9.78 Å². The van der Waals surface area contributed by atoms with Crippen molar-refractivity contribution in [2.24, 2.45) is 0 Å². The Morgan fingerprint density at radius 3 is 3.07 bits per heavy atom. The lowest BCUT2D eigenvalue weighted by Crippen LogP contribution is -2.35. The minimum absolute atomic E-state index is 0.0799. The Hall–Kier alpha value is -2.93. The van der Waals surface area contributed by atoms with Gasteiger partial charge in [-0.25, -0.2) is 4.98 Å². The van der Waals surface area contributed by atoms with Crippen molar-refractivity contribution in [2.75, 3.05) is 13.2 Å². The summed E-state index contributed by atoms with van der Waals surface area (Å²) in [6, 6.07) is 9.57. The summed E-state index contributed by atoms with van der Waals surface area (Å²) in [5.74, 6) is 0.708. The Bertz CT molecular complexity index is 913. The number of hydrogen-bond acceptors (Lipinski definition) is 6. The highest BCUT2D eigenvalue weighted by molar-refractivity contribution is 5.91. The number of oxazole rings is 1. The zero-order valence-electron chi connectivity index (χ0n) is 14.9. The number of carbonyl (C=O) groups excluding carboxylic acids is 1. The first kappa shape index (κ1) is 17.5. The predicted octanol–water partition coefficient (Wildman–Crippen LogP) is 3.10. The fourth-order valence-electron chi connectivity index (χ4n) is 3.08. The molecule has 7 nitrogen and oxygen atoms in total. The predicted molar refractivity (Wildman–Crippen MR) is 98.5 cm³/mol. The molecule has 0 unspecified atom stereocenters. The van der Waals surface area contributed by atoms with E-state index in [0.717, 1.165) is 36.8 Å². The molecule has 140 valence electrons. The summed E-state index contributed by atoms with van der Waals surface area (Å²) in [7, 11) is 0. The van der Waals surface area contributed by atoms with Gasteiger partial charge in [0, 0.05) is 24.7 Å². The Balaban J connectivity index is 1.34. The molecule has 0 spiro atoms. The molecule has 1 aliphatic rings. The van der Waals surface area contributed by atoms with E-state index in [0.29, 0.717) is 18.2 Å². The van der Waals surface area contributed by atoms with E-state index in [4.69, 9.17) is 13.9 Å². The van der Waals surface area contributed by atoms with Gasteiger partial charge >= 0.3 is 0 Å². The average molecular weight is 367 g/mol. The number of fused-ring (bicyclic) bond motifs is 1. The van der Waals surface area contributed by atoms with Crippen molar-refractivity contribution in [3.05, 3.63) is 54.4 Å². The highest BCUT2D eigenvalue weighted by Crippen LogP contribution is 2.23. The number of nitrogens with zero attached hydrogens (tertiary/aromatic N) is 2. The molecular formula is C20H21N3O4. The minimum Gasteiger partial charge on any atom is -0.482 e. The van der Waals surface area contributed by atoms with Crippen molar-refractivity contribution < 1.29 is 18.7 Å². The Labute approximate surface area is 156 Å². The Morgan fingerprint density at radius 1 is 1.26 bits per heavy atom. The molecule has 4 rings (SSSR count). The number of amides is 1. The number of rotatable bonds is 6. The molecule has 1 N–H and O–H groups in total. The van der Waals surface area contributed by atoms with Gasteiger partial charge in [-0.1, -0.05) is 18.2 Å². The van der Waals surface area contributed by atoms with Gasteiger partial charge in [-0.05, 0) is 31.4 Å². The van der Waals surface area contributed by atoms with Gasteiger partial charge in [0.05, 0.1) is 6.10 Å². The van der Waals surface area contributed by atoms with Crippen LogP contribution in [0.4, 0.5) is 0 Å². The molecule has 0 saturated carbocycles. The van der Waals surface area contributed by atoms with Gasteiger partial charge in [0.2, 0.25) is 5.89 Å². The summed E-state index contributed by atoms with van der Waals surface area (Å²) in [6.45, 7) is 1.36. The van der Waals surface area contributed by atoms with Crippen LogP contribution >= 0.6 is 0 Å². The van der Waals surface area contributed by atoms with E-state index in [2.05, 4.69) is 15.3 Å². The van der Waals surface area contributed by atoms with Gasteiger partial charge in [-0.2, -0.15) is 0 Å². The minimum atomic E-state index is -0.272. The van der Waals surface area contributed by atoms with E-state index < -0.39 is 0 Å². The fourth-order valence-corrected chi connectivity index (χ4v) is 3.08. The molecule has 1 fully saturated rings. The molecule has 2 aromatic heterocycles. The van der Waals surface area contributed by atoms with Crippen LogP contribution < -0.4 is 10.1 Å². The van der Waals surface area contributed by atoms with Gasteiger partial charge in [0.25, 0.3) is 5.91 Å². The quantitative estimate of drug-likeness (QED) is 0.720. The van der Waals surface area contributed by atoms with Crippen molar-refractivity contribution in [2.45, 2.75) is 32.0 Å². The zero-order valence-corrected chi connectivity index (χ0v) is 14.9. The van der Waals surface area contributed by atoms with Gasteiger partial charge in [-0.15, -0.1) is 0 Å². The van der Waals surface area contributed by atoms with Crippen molar-refractivity contribution in [1.82, 2.24) is 15.3 Å². The van der Waals surface area contributed by atoms with Gasteiger partial charge in [0.15, 0.2) is 12.3 Å². The number of ether oxygens (including phenoxy) is 2. The molecule has 0 radical (unpaired) electrons. The lowest BCUT2D eigenvalue weighted by molar-refractivity contribution is 0.0168. The second-order valence-electron chi connectivity index (χ2n) is 6.45. The summed E-state index contributed by atoms with van der Waals surface area (Å²) >= 11 is 0. The summed E-state index contributed by atoms with van der Waals surface area (Å²) < 4.78 is 16.8. The maximum atomic E-state index is 12.2. The van der Waals surface area contributed by atoms with Gasteiger partial charge in [0.1, 0.15) is 17.5 Å². The lowest BCUT2D eigenvalue weighted by Gasteiger charge is -2.22. The molecule has 1 aliphatic heterocycles. The van der Waals surface area contributed by atoms with E-state index in [1.807, 2.05) is 30.3 Å². The number of aromatic nitrogens is 2. The fraction of sp³-hybridized carbons (Fsp3) is 0.350. The molecule has 7 heteroatoms. The summed E-state index contributed by atoms with van der Waals surface area (Å²) in [6.07, 6.45) is 6.34. The maximum absolute atomic E-state index is 12.2. The van der Waals surface area contributed by atoms with Crippen LogP contribution in [0.25, 0.3) is 10.9 Å². The molecule has 1 amide bonds. The largest absolute Gasteiger partial charge is 0.482 e. The molecule has 3 heterocycles. The third-order valence-corrected chi connectivity index (χ3v) is 4.50. The van der Waals surface area contributed by atoms with Crippen LogP contribution in [0.5, 0.6) is 5.75 Å².